The number of fused-ring (bicyclic) bond motifs is 1. The molecule has 1 aromatic carbocycles. The van der Waals surface area contributed by atoms with Gasteiger partial charge in [0.15, 0.2) is 0 Å². The Morgan fingerprint density at radius 1 is 1.10 bits per heavy atom. The Bertz CT molecular complexity index is 1240. The van der Waals surface area contributed by atoms with Crippen molar-refractivity contribution in [3.63, 3.8) is 0 Å². The molecular formula is C25H29N5O. The fraction of sp³-hybridized carbons (Fsp3) is 0.360. The lowest BCUT2D eigenvalue weighted by Gasteiger charge is -2.24. The summed E-state index contributed by atoms with van der Waals surface area (Å²) in [6, 6.07) is 11.1. The zero-order valence-electron chi connectivity index (χ0n) is 18.7. The third-order valence-corrected chi connectivity index (χ3v) is 6.37. The highest BCUT2D eigenvalue weighted by molar-refractivity contribution is 5.85. The fourth-order valence-electron chi connectivity index (χ4n) is 4.87. The number of pyridine rings is 1. The minimum absolute atomic E-state index is 0.337. The third-order valence-electron chi connectivity index (χ3n) is 6.37. The molecule has 0 N–H and O–H groups in total. The van der Waals surface area contributed by atoms with Gasteiger partial charge in [-0.25, -0.2) is 0 Å². The van der Waals surface area contributed by atoms with Crippen LogP contribution in [0.3, 0.4) is 0 Å². The van der Waals surface area contributed by atoms with Gasteiger partial charge in [-0.05, 0) is 61.7 Å². The van der Waals surface area contributed by atoms with Gasteiger partial charge < -0.3 is 9.30 Å². The summed E-state index contributed by atoms with van der Waals surface area (Å²) < 4.78 is 9.46. The summed E-state index contributed by atoms with van der Waals surface area (Å²) in [5.74, 6) is 0.895. The molecule has 4 heterocycles. The van der Waals surface area contributed by atoms with Crippen molar-refractivity contribution in [3.8, 4) is 16.9 Å². The lowest BCUT2D eigenvalue weighted by atomic mass is 10.0. The molecule has 0 unspecified atom stereocenters. The van der Waals surface area contributed by atoms with E-state index in [9.17, 15) is 0 Å². The van der Waals surface area contributed by atoms with Crippen LogP contribution in [0, 0.1) is 6.92 Å². The van der Waals surface area contributed by atoms with Crippen LogP contribution in [0.4, 0.5) is 0 Å². The van der Waals surface area contributed by atoms with E-state index in [-0.39, 0.29) is 0 Å². The normalized spacial score (nSPS) is 17.0. The first-order valence-electron chi connectivity index (χ1n) is 10.9. The molecule has 3 aromatic heterocycles. The minimum Gasteiger partial charge on any atom is -0.497 e. The van der Waals surface area contributed by atoms with Crippen molar-refractivity contribution in [2.45, 2.75) is 32.4 Å². The molecule has 0 radical (unpaired) electrons. The van der Waals surface area contributed by atoms with E-state index in [0.717, 1.165) is 36.5 Å². The summed E-state index contributed by atoms with van der Waals surface area (Å²) in [7, 11) is 5.78. The molecule has 4 aromatic rings. The summed E-state index contributed by atoms with van der Waals surface area (Å²) in [6.07, 6.45) is 8.58. The molecule has 1 aliphatic rings. The van der Waals surface area contributed by atoms with E-state index in [1.165, 1.54) is 34.1 Å². The molecule has 160 valence electrons. The summed E-state index contributed by atoms with van der Waals surface area (Å²) in [5.41, 5.74) is 7.12. The Morgan fingerprint density at radius 3 is 2.74 bits per heavy atom. The zero-order valence-corrected chi connectivity index (χ0v) is 18.7. The Labute approximate surface area is 183 Å². The van der Waals surface area contributed by atoms with Gasteiger partial charge in [-0.2, -0.15) is 5.10 Å². The number of nitrogens with zero attached hydrogens (tertiary/aromatic N) is 5. The average molecular weight is 416 g/mol. The molecule has 31 heavy (non-hydrogen) atoms. The molecular weight excluding hydrogens is 386 g/mol. The lowest BCUT2D eigenvalue weighted by Crippen LogP contribution is -2.23. The number of rotatable bonds is 5. The first-order valence-corrected chi connectivity index (χ1v) is 10.9. The molecule has 1 aliphatic heterocycles. The smallest absolute Gasteiger partial charge is 0.120 e. The summed E-state index contributed by atoms with van der Waals surface area (Å²) >= 11 is 0. The highest BCUT2D eigenvalue weighted by Gasteiger charge is 2.28. The number of ether oxygens (including phenoxy) is 1. The number of methoxy groups -OCH3 is 1. The van der Waals surface area contributed by atoms with Gasteiger partial charge in [-0.1, -0.05) is 0 Å². The van der Waals surface area contributed by atoms with Gasteiger partial charge in [0.2, 0.25) is 0 Å². The quantitative estimate of drug-likeness (QED) is 0.477. The van der Waals surface area contributed by atoms with E-state index in [1.807, 2.05) is 17.9 Å². The Morgan fingerprint density at radius 2 is 1.97 bits per heavy atom. The number of hydrogen-bond acceptors (Lipinski definition) is 4. The van der Waals surface area contributed by atoms with Crippen molar-refractivity contribution in [1.82, 2.24) is 24.2 Å². The molecule has 1 atom stereocenters. The van der Waals surface area contributed by atoms with E-state index in [2.05, 4.69) is 71.3 Å². The van der Waals surface area contributed by atoms with Gasteiger partial charge in [0.1, 0.15) is 5.75 Å². The fourth-order valence-corrected chi connectivity index (χ4v) is 4.87. The van der Waals surface area contributed by atoms with Crippen molar-refractivity contribution in [1.29, 1.82) is 0 Å². The predicted molar refractivity (Wildman–Crippen MR) is 123 cm³/mol. The number of benzene rings is 1. The van der Waals surface area contributed by atoms with Gasteiger partial charge >= 0.3 is 0 Å². The van der Waals surface area contributed by atoms with Crippen molar-refractivity contribution in [2.24, 2.45) is 14.1 Å². The maximum absolute atomic E-state index is 5.42. The zero-order chi connectivity index (χ0) is 21.5. The van der Waals surface area contributed by atoms with Crippen molar-refractivity contribution in [3.05, 3.63) is 65.9 Å². The lowest BCUT2D eigenvalue weighted by molar-refractivity contribution is 0.245. The predicted octanol–water partition coefficient (Wildman–Crippen LogP) is 4.63. The summed E-state index contributed by atoms with van der Waals surface area (Å²) in [6.45, 7) is 4.10. The van der Waals surface area contributed by atoms with E-state index in [0.29, 0.717) is 6.04 Å². The monoisotopic (exact) mass is 415 g/mol. The van der Waals surface area contributed by atoms with Crippen LogP contribution in [-0.4, -0.2) is 37.9 Å². The van der Waals surface area contributed by atoms with Crippen LogP contribution in [0.15, 0.2) is 48.9 Å². The van der Waals surface area contributed by atoms with Crippen molar-refractivity contribution in [2.75, 3.05) is 13.7 Å². The van der Waals surface area contributed by atoms with Gasteiger partial charge in [0.05, 0.1) is 30.6 Å². The molecule has 1 fully saturated rings. The van der Waals surface area contributed by atoms with Crippen LogP contribution in [0.1, 0.15) is 35.8 Å². The molecule has 0 amide bonds. The first-order chi connectivity index (χ1) is 15.0. The summed E-state index contributed by atoms with van der Waals surface area (Å²) in [4.78, 5) is 7.52. The van der Waals surface area contributed by atoms with Gasteiger partial charge in [0, 0.05) is 55.7 Å². The molecule has 6 heteroatoms. The topological polar surface area (TPSA) is 48.1 Å². The Hall–Kier alpha value is -3.12. The largest absolute Gasteiger partial charge is 0.497 e. The highest BCUT2D eigenvalue weighted by atomic mass is 16.5. The molecule has 6 nitrogen and oxygen atoms in total. The number of hydrogen-bond donors (Lipinski definition) is 0. The van der Waals surface area contributed by atoms with Crippen LogP contribution in [0.25, 0.3) is 22.0 Å². The van der Waals surface area contributed by atoms with Crippen LogP contribution in [-0.2, 0) is 20.6 Å². The van der Waals surface area contributed by atoms with E-state index in [1.54, 1.807) is 7.11 Å². The molecule has 0 aliphatic carbocycles. The second-order valence-corrected chi connectivity index (χ2v) is 8.60. The second-order valence-electron chi connectivity index (χ2n) is 8.60. The average Bonchev–Trinajstić information content (AvgIpc) is 3.47. The van der Waals surface area contributed by atoms with Crippen LogP contribution in [0.5, 0.6) is 5.75 Å². The molecule has 0 saturated carbocycles. The SMILES string of the molecule is COc1ccc2c(CN3CCC[C@@H]3c3cc(-c4cnn(C)c4)cc(C)n3)cn(C)c2c1. The maximum Gasteiger partial charge on any atom is 0.120 e. The van der Waals surface area contributed by atoms with Crippen molar-refractivity contribution >= 4 is 10.9 Å². The standard InChI is InChI=1S/C25H29N5O/c1-17-10-18(19-13-26-29(3)15-19)11-23(27-17)24-6-5-9-30(24)16-20-14-28(2)25-12-21(31-4)7-8-22(20)25/h7-8,10-15,24H,5-6,9,16H2,1-4H3/t24-/m1/s1. The first kappa shape index (κ1) is 19.8. The highest BCUT2D eigenvalue weighted by Crippen LogP contribution is 2.36. The van der Waals surface area contributed by atoms with Gasteiger partial charge in [0.25, 0.3) is 0 Å². The minimum atomic E-state index is 0.337. The van der Waals surface area contributed by atoms with E-state index in [4.69, 9.17) is 9.72 Å². The number of aryl methyl sites for hydroxylation is 3. The molecule has 1 saturated heterocycles. The number of aromatic nitrogens is 4. The molecule has 5 rings (SSSR count). The third kappa shape index (κ3) is 3.72. The number of likely N-dealkylation sites (tertiary alicyclic amines) is 1. The van der Waals surface area contributed by atoms with Crippen LogP contribution >= 0.6 is 0 Å². The van der Waals surface area contributed by atoms with E-state index >= 15 is 0 Å². The second kappa shape index (κ2) is 7.85. The van der Waals surface area contributed by atoms with Crippen LogP contribution in [0.2, 0.25) is 0 Å². The van der Waals surface area contributed by atoms with E-state index < -0.39 is 0 Å². The van der Waals surface area contributed by atoms with Gasteiger partial charge in [-0.15, -0.1) is 0 Å². The summed E-state index contributed by atoms with van der Waals surface area (Å²) in [5, 5.41) is 5.63. The van der Waals surface area contributed by atoms with Gasteiger partial charge in [-0.3, -0.25) is 14.6 Å². The Kier molecular flexibility index (Phi) is 5.02. The van der Waals surface area contributed by atoms with Crippen molar-refractivity contribution < 1.29 is 4.74 Å². The maximum atomic E-state index is 5.42. The molecule has 0 bridgehead atoms. The Balaban J connectivity index is 1.46. The van der Waals surface area contributed by atoms with Crippen LogP contribution < -0.4 is 4.74 Å². The molecule has 0 spiro atoms.